The van der Waals surface area contributed by atoms with E-state index < -0.39 is 0 Å². The van der Waals surface area contributed by atoms with Gasteiger partial charge in [0.1, 0.15) is 11.1 Å². The molecule has 6 heteroatoms. The number of hydrogen-bond acceptors (Lipinski definition) is 6. The van der Waals surface area contributed by atoms with E-state index in [0.29, 0.717) is 15.7 Å². The maximum absolute atomic E-state index is 9.61. The molecule has 0 aliphatic carbocycles. The van der Waals surface area contributed by atoms with E-state index in [-0.39, 0.29) is 0 Å². The summed E-state index contributed by atoms with van der Waals surface area (Å²) < 4.78 is 9.02. The van der Waals surface area contributed by atoms with Gasteiger partial charge in [0.2, 0.25) is 0 Å². The number of aromatic nitrogens is 1. The second-order valence-electron chi connectivity index (χ2n) is 4.58. The molecule has 114 valence electrons. The molecule has 1 N–H and O–H groups in total. The second-order valence-corrected chi connectivity index (χ2v) is 7.41. The quantitative estimate of drug-likeness (QED) is 0.366. The predicted octanol–water partition coefficient (Wildman–Crippen LogP) is 5.60. The minimum absolute atomic E-state index is 0.434. The van der Waals surface area contributed by atoms with Crippen LogP contribution in [0.15, 0.2) is 58.9 Å². The number of nitriles is 1. The Morgan fingerprint density at radius 1 is 1.17 bits per heavy atom. The highest BCUT2D eigenvalue weighted by molar-refractivity contribution is 8.13. The van der Waals surface area contributed by atoms with Gasteiger partial charge in [0.05, 0.1) is 21.2 Å². The van der Waals surface area contributed by atoms with Crippen LogP contribution in [0, 0.1) is 11.3 Å². The SMILES string of the molecule is N#Cc1c(-c2ccccc2)cc(-c2cccs2)nc1SCSO. The molecule has 0 atom stereocenters. The van der Waals surface area contributed by atoms with Crippen molar-refractivity contribution in [2.24, 2.45) is 0 Å². The monoisotopic (exact) mass is 356 g/mol. The normalized spacial score (nSPS) is 10.4. The fraction of sp³-hybridized carbons (Fsp3) is 0.0588. The van der Waals surface area contributed by atoms with E-state index in [1.807, 2.05) is 53.9 Å². The minimum Gasteiger partial charge on any atom is -0.329 e. The first-order chi connectivity index (χ1) is 11.3. The Kier molecular flexibility index (Phi) is 5.36. The fourth-order valence-electron chi connectivity index (χ4n) is 2.21. The molecule has 1 aromatic carbocycles. The van der Waals surface area contributed by atoms with Gasteiger partial charge in [-0.05, 0) is 35.1 Å². The molecule has 3 nitrogen and oxygen atoms in total. The Morgan fingerprint density at radius 3 is 2.65 bits per heavy atom. The molecule has 0 aliphatic rings. The van der Waals surface area contributed by atoms with Crippen LogP contribution in [0.3, 0.4) is 0 Å². The predicted molar refractivity (Wildman–Crippen MR) is 98.6 cm³/mol. The van der Waals surface area contributed by atoms with Crippen LogP contribution in [0.4, 0.5) is 0 Å². The minimum atomic E-state index is 0.434. The number of benzene rings is 1. The van der Waals surface area contributed by atoms with Crippen LogP contribution in [0.5, 0.6) is 0 Å². The number of thioether (sulfide) groups is 1. The topological polar surface area (TPSA) is 56.9 Å². The molecular weight excluding hydrogens is 344 g/mol. The van der Waals surface area contributed by atoms with Gasteiger partial charge in [-0.1, -0.05) is 48.2 Å². The first-order valence-corrected chi connectivity index (χ1v) is 9.58. The average molecular weight is 356 g/mol. The highest BCUT2D eigenvalue weighted by Crippen LogP contribution is 2.35. The van der Waals surface area contributed by atoms with Crippen molar-refractivity contribution in [1.82, 2.24) is 4.98 Å². The molecule has 0 amide bonds. The molecule has 0 spiro atoms. The zero-order valence-corrected chi connectivity index (χ0v) is 14.4. The summed E-state index contributed by atoms with van der Waals surface area (Å²) in [5, 5.41) is 12.7. The van der Waals surface area contributed by atoms with Gasteiger partial charge in [-0.25, -0.2) is 4.98 Å². The maximum Gasteiger partial charge on any atom is 0.116 e. The smallest absolute Gasteiger partial charge is 0.116 e. The summed E-state index contributed by atoms with van der Waals surface area (Å²) >= 11 is 3.73. The van der Waals surface area contributed by atoms with Gasteiger partial charge in [-0.2, -0.15) is 5.26 Å². The van der Waals surface area contributed by atoms with E-state index in [2.05, 4.69) is 11.1 Å². The van der Waals surface area contributed by atoms with E-state index in [0.717, 1.165) is 33.7 Å². The molecule has 2 aromatic heterocycles. The molecule has 3 rings (SSSR count). The van der Waals surface area contributed by atoms with Crippen LogP contribution in [0.2, 0.25) is 0 Å². The Hall–Kier alpha value is -1.78. The Bertz CT molecular complexity index is 827. The lowest BCUT2D eigenvalue weighted by molar-refractivity contribution is 0.668. The van der Waals surface area contributed by atoms with Crippen molar-refractivity contribution in [3.05, 3.63) is 59.5 Å². The van der Waals surface area contributed by atoms with Gasteiger partial charge < -0.3 is 4.55 Å². The summed E-state index contributed by atoms with van der Waals surface area (Å²) in [4.78, 5) is 5.70. The fourth-order valence-corrected chi connectivity index (χ4v) is 4.02. The zero-order chi connectivity index (χ0) is 16.1. The Morgan fingerprint density at radius 2 is 2.00 bits per heavy atom. The van der Waals surface area contributed by atoms with Crippen LogP contribution >= 0.6 is 35.1 Å². The summed E-state index contributed by atoms with van der Waals surface area (Å²) in [6.45, 7) is 0. The number of nitrogens with zero attached hydrogens (tertiary/aromatic N) is 2. The van der Waals surface area contributed by atoms with Gasteiger partial charge >= 0.3 is 0 Å². The first-order valence-electron chi connectivity index (χ1n) is 6.77. The molecule has 0 radical (unpaired) electrons. The van der Waals surface area contributed by atoms with Crippen molar-refractivity contribution in [3.63, 3.8) is 0 Å². The third kappa shape index (κ3) is 3.59. The maximum atomic E-state index is 9.61. The molecule has 0 unspecified atom stereocenters. The van der Waals surface area contributed by atoms with Gasteiger partial charge in [0.15, 0.2) is 0 Å². The molecule has 0 saturated carbocycles. The van der Waals surface area contributed by atoms with Gasteiger partial charge in [0, 0.05) is 5.56 Å². The molecule has 3 aromatic rings. The van der Waals surface area contributed by atoms with E-state index in [9.17, 15) is 5.26 Å². The summed E-state index contributed by atoms with van der Waals surface area (Å²) in [6.07, 6.45) is 0. The lowest BCUT2D eigenvalue weighted by Crippen LogP contribution is -1.95. The van der Waals surface area contributed by atoms with Crippen molar-refractivity contribution in [3.8, 4) is 27.8 Å². The second kappa shape index (κ2) is 7.66. The summed E-state index contributed by atoms with van der Waals surface area (Å²) in [5.41, 5.74) is 3.26. The van der Waals surface area contributed by atoms with Crippen molar-refractivity contribution < 1.29 is 4.55 Å². The third-order valence-corrected chi connectivity index (χ3v) is 5.56. The van der Waals surface area contributed by atoms with Crippen molar-refractivity contribution >= 4 is 35.1 Å². The number of hydrogen-bond donors (Lipinski definition) is 1. The van der Waals surface area contributed by atoms with E-state index >= 15 is 0 Å². The van der Waals surface area contributed by atoms with Gasteiger partial charge in [-0.15, -0.1) is 11.3 Å². The van der Waals surface area contributed by atoms with Crippen LogP contribution in [-0.4, -0.2) is 14.6 Å². The summed E-state index contributed by atoms with van der Waals surface area (Å²) in [5.74, 6) is 0. The molecule has 0 fully saturated rings. The Balaban J connectivity index is 2.20. The lowest BCUT2D eigenvalue weighted by Gasteiger charge is -2.11. The summed E-state index contributed by atoms with van der Waals surface area (Å²) in [6, 6.07) is 18.1. The molecular formula is C17H12N2OS3. The molecule has 2 heterocycles. The van der Waals surface area contributed by atoms with E-state index in [1.54, 1.807) is 11.3 Å². The zero-order valence-electron chi connectivity index (χ0n) is 12.0. The number of rotatable bonds is 5. The Labute approximate surface area is 147 Å². The first kappa shape index (κ1) is 16.1. The average Bonchev–Trinajstić information content (AvgIpc) is 3.14. The van der Waals surface area contributed by atoms with E-state index in [4.69, 9.17) is 4.55 Å². The standard InChI is InChI=1S/C17H12N2OS3/c18-10-14-13(12-5-2-1-3-6-12)9-15(16-7-4-8-21-16)19-17(14)22-11-23-20/h1-9,20H,11H2. The van der Waals surface area contributed by atoms with Crippen molar-refractivity contribution in [1.29, 1.82) is 5.26 Å². The van der Waals surface area contributed by atoms with Crippen LogP contribution in [-0.2, 0) is 0 Å². The van der Waals surface area contributed by atoms with Crippen LogP contribution in [0.1, 0.15) is 5.56 Å². The van der Waals surface area contributed by atoms with Gasteiger partial charge in [0.25, 0.3) is 0 Å². The molecule has 0 bridgehead atoms. The third-order valence-electron chi connectivity index (χ3n) is 3.20. The van der Waals surface area contributed by atoms with Crippen LogP contribution in [0.25, 0.3) is 21.7 Å². The number of thiophene rings is 1. The van der Waals surface area contributed by atoms with Crippen molar-refractivity contribution in [2.75, 3.05) is 5.08 Å². The molecule has 23 heavy (non-hydrogen) atoms. The van der Waals surface area contributed by atoms with E-state index in [1.165, 1.54) is 11.8 Å². The molecule has 0 aliphatic heterocycles. The highest BCUT2D eigenvalue weighted by Gasteiger charge is 2.16. The van der Waals surface area contributed by atoms with Gasteiger partial charge in [-0.3, -0.25) is 0 Å². The largest absolute Gasteiger partial charge is 0.329 e. The number of pyridine rings is 1. The summed E-state index contributed by atoms with van der Waals surface area (Å²) in [7, 11) is 0. The molecule has 0 saturated heterocycles. The van der Waals surface area contributed by atoms with Crippen molar-refractivity contribution in [2.45, 2.75) is 5.03 Å². The van der Waals surface area contributed by atoms with Crippen LogP contribution < -0.4 is 0 Å². The lowest BCUT2D eigenvalue weighted by atomic mass is 10.0. The highest BCUT2D eigenvalue weighted by atomic mass is 32.2.